The number of Topliss-reactive ketones (excluding diaryl/α,β-unsaturated/α-hetero) is 1. The highest BCUT2D eigenvalue weighted by atomic mass is 16.7. The summed E-state index contributed by atoms with van der Waals surface area (Å²) in [4.78, 5) is 44.0. The van der Waals surface area contributed by atoms with Crippen molar-refractivity contribution in [3.63, 3.8) is 0 Å². The zero-order valence-corrected chi connectivity index (χ0v) is 38.3. The third-order valence-corrected chi connectivity index (χ3v) is 15.1. The summed E-state index contributed by atoms with van der Waals surface area (Å²) in [6, 6.07) is -0.0282. The topological polar surface area (TPSA) is 128 Å². The Morgan fingerprint density at radius 2 is 1.55 bits per heavy atom. The molecule has 340 valence electrons. The van der Waals surface area contributed by atoms with Crippen LogP contribution in [-0.2, 0) is 52.3 Å². The Labute approximate surface area is 360 Å². The van der Waals surface area contributed by atoms with Gasteiger partial charge < -0.3 is 42.8 Å². The van der Waals surface area contributed by atoms with E-state index >= 15 is 0 Å². The Kier molecular flexibility index (Phi) is 16.9. The van der Waals surface area contributed by atoms with Gasteiger partial charge in [-0.05, 0) is 101 Å². The second kappa shape index (κ2) is 21.5. The highest BCUT2D eigenvalue weighted by Gasteiger charge is 2.53. The van der Waals surface area contributed by atoms with Crippen LogP contribution in [0.3, 0.4) is 0 Å². The van der Waals surface area contributed by atoms with E-state index in [1.54, 1.807) is 21.3 Å². The molecule has 17 atom stereocenters. The molecule has 0 aromatic carbocycles. The Morgan fingerprint density at radius 1 is 0.833 bits per heavy atom. The fraction of sp³-hybridized carbons (Fsp3) is 0.854. The number of allylic oxidation sites excluding steroid dienone is 4. The number of likely N-dealkylation sites (N-methyl/N-ethyl adjacent to an activating group) is 1. The molecule has 5 unspecified atom stereocenters. The van der Waals surface area contributed by atoms with Gasteiger partial charge in [0, 0.05) is 52.6 Å². The highest BCUT2D eigenvalue weighted by molar-refractivity contribution is 5.99. The summed E-state index contributed by atoms with van der Waals surface area (Å²) < 4.78 is 49.9. The molecule has 0 aromatic heterocycles. The van der Waals surface area contributed by atoms with Crippen LogP contribution in [0.1, 0.15) is 125 Å². The first-order valence-electron chi connectivity index (χ1n) is 23.5. The van der Waals surface area contributed by atoms with Crippen LogP contribution in [0.2, 0.25) is 0 Å². The molecule has 0 radical (unpaired) electrons. The van der Waals surface area contributed by atoms with E-state index in [-0.39, 0.29) is 108 Å². The van der Waals surface area contributed by atoms with Crippen molar-refractivity contribution in [3.05, 3.63) is 23.8 Å². The molecule has 1 saturated carbocycles. The van der Waals surface area contributed by atoms with E-state index in [0.717, 1.165) is 63.4 Å². The zero-order valence-electron chi connectivity index (χ0n) is 38.3. The standard InChI is InChI=1S/C48H77NO11/c1-11-15-30(16-12-2)47(52)49(7)39-21-22-42(56-28(39)5)60-40-18-14-17-32(13-3)58-41(50)26-37-34-20-19-31-23-33(24-35(31)36(34)25-38(37)43(51)27(40)4)59-48-46(55-10)45(54-9)44(53-8)29(6)57-48/h19-20,25,27-37,39-40,42,44-46,48H,11-18,21-24,26H2,1-10H3/t27-,28?,29?,31-,32+,33-,34-,35-,36-,37+,39+,40+,42?,44+,45?,46?,48+/m1/s1. The monoisotopic (exact) mass is 844 g/mol. The summed E-state index contributed by atoms with van der Waals surface area (Å²) in [6.07, 6.45) is 13.4. The van der Waals surface area contributed by atoms with Crippen molar-refractivity contribution in [1.82, 2.24) is 4.90 Å². The molecular weight excluding hydrogens is 767 g/mol. The molecule has 0 bridgehead atoms. The van der Waals surface area contributed by atoms with Gasteiger partial charge in [-0.3, -0.25) is 14.4 Å². The van der Waals surface area contributed by atoms with E-state index in [2.05, 4.69) is 39.0 Å². The van der Waals surface area contributed by atoms with E-state index in [1.807, 2.05) is 32.7 Å². The molecule has 4 fully saturated rings. The predicted molar refractivity (Wildman–Crippen MR) is 227 cm³/mol. The molecule has 3 aliphatic carbocycles. The third kappa shape index (κ3) is 10.3. The molecule has 3 aliphatic heterocycles. The smallest absolute Gasteiger partial charge is 0.306 e. The number of carbonyl (C=O) groups excluding carboxylic acids is 3. The van der Waals surface area contributed by atoms with Crippen LogP contribution in [-0.4, -0.2) is 118 Å². The normalized spacial score (nSPS) is 41.1. The van der Waals surface area contributed by atoms with E-state index < -0.39 is 24.6 Å². The Balaban J connectivity index is 1.17. The summed E-state index contributed by atoms with van der Waals surface area (Å²) in [5.41, 5.74) is 0.732. The van der Waals surface area contributed by atoms with Gasteiger partial charge in [0.1, 0.15) is 24.4 Å². The number of amides is 1. The summed E-state index contributed by atoms with van der Waals surface area (Å²) in [5, 5.41) is 0. The number of esters is 1. The molecule has 0 aromatic rings. The average molecular weight is 844 g/mol. The summed E-state index contributed by atoms with van der Waals surface area (Å²) >= 11 is 0. The van der Waals surface area contributed by atoms with Gasteiger partial charge in [-0.1, -0.05) is 58.8 Å². The number of carbonyl (C=O) groups is 3. The minimum Gasteiger partial charge on any atom is -0.462 e. The minimum absolute atomic E-state index is 0.0116. The van der Waals surface area contributed by atoms with Crippen LogP contribution in [0.15, 0.2) is 23.8 Å². The first-order chi connectivity index (χ1) is 28.9. The fourth-order valence-corrected chi connectivity index (χ4v) is 11.8. The average Bonchev–Trinajstić information content (AvgIpc) is 3.82. The lowest BCUT2D eigenvalue weighted by atomic mass is 9.70. The SMILES string of the molecule is CCCC(CCC)C(=O)N(C)[C@H]1CCC(O[C@H]2CCC[C@H](CC)OC(=O)C[C@@H]3C(=C[C@@H]4[C@H]3C=C[C@@H]3C[C@@H](O[C@@H]5OC(C)[C@H](OC)C(OC)C5OC)C[C@@H]43)C(=O)[C@@H]2C)OC1C. The molecule has 0 spiro atoms. The molecule has 3 saturated heterocycles. The lowest BCUT2D eigenvalue weighted by Gasteiger charge is -2.44. The van der Waals surface area contributed by atoms with Gasteiger partial charge in [-0.15, -0.1) is 0 Å². The number of ketones is 1. The van der Waals surface area contributed by atoms with Gasteiger partial charge >= 0.3 is 5.97 Å². The molecule has 0 N–H and O–H groups in total. The van der Waals surface area contributed by atoms with Crippen LogP contribution in [0.5, 0.6) is 0 Å². The highest BCUT2D eigenvalue weighted by Crippen LogP contribution is 2.54. The van der Waals surface area contributed by atoms with E-state index in [0.29, 0.717) is 19.3 Å². The van der Waals surface area contributed by atoms with Crippen molar-refractivity contribution < 1.29 is 52.3 Å². The Bertz CT molecular complexity index is 1500. The second-order valence-corrected chi connectivity index (χ2v) is 18.8. The molecule has 60 heavy (non-hydrogen) atoms. The van der Waals surface area contributed by atoms with E-state index in [4.69, 9.17) is 37.9 Å². The molecule has 6 aliphatic rings. The van der Waals surface area contributed by atoms with Crippen LogP contribution >= 0.6 is 0 Å². The van der Waals surface area contributed by atoms with Gasteiger partial charge in [0.15, 0.2) is 18.4 Å². The number of hydrogen-bond donors (Lipinski definition) is 0. The number of ether oxygens (including phenoxy) is 8. The van der Waals surface area contributed by atoms with Gasteiger partial charge in [0.2, 0.25) is 5.91 Å². The number of hydrogen-bond acceptors (Lipinski definition) is 11. The maximum atomic E-state index is 14.9. The van der Waals surface area contributed by atoms with E-state index in [1.165, 1.54) is 0 Å². The Morgan fingerprint density at radius 3 is 2.20 bits per heavy atom. The first-order valence-corrected chi connectivity index (χ1v) is 23.5. The number of nitrogens with zero attached hydrogens (tertiary/aromatic N) is 1. The predicted octanol–water partition coefficient (Wildman–Crippen LogP) is 7.60. The van der Waals surface area contributed by atoms with Crippen molar-refractivity contribution in [2.45, 2.75) is 192 Å². The van der Waals surface area contributed by atoms with Crippen LogP contribution in [0, 0.1) is 41.4 Å². The van der Waals surface area contributed by atoms with Gasteiger partial charge in [0.25, 0.3) is 0 Å². The molecule has 6 rings (SSSR count). The molecule has 3 heterocycles. The lowest BCUT2D eigenvalue weighted by molar-refractivity contribution is -0.314. The lowest BCUT2D eigenvalue weighted by Crippen LogP contribution is -2.59. The first kappa shape index (κ1) is 47.3. The van der Waals surface area contributed by atoms with Crippen molar-refractivity contribution in [3.8, 4) is 0 Å². The van der Waals surface area contributed by atoms with Crippen LogP contribution < -0.4 is 0 Å². The fourth-order valence-electron chi connectivity index (χ4n) is 11.8. The number of fused-ring (bicyclic) bond motifs is 5. The number of methoxy groups -OCH3 is 3. The number of cyclic esters (lactones) is 1. The number of rotatable bonds is 14. The minimum atomic E-state index is -0.613. The molecule has 12 nitrogen and oxygen atoms in total. The maximum Gasteiger partial charge on any atom is 0.306 e. The summed E-state index contributed by atoms with van der Waals surface area (Å²) in [6.45, 7) is 12.3. The summed E-state index contributed by atoms with van der Waals surface area (Å²) in [7, 11) is 6.88. The maximum absolute atomic E-state index is 14.9. The largest absolute Gasteiger partial charge is 0.462 e. The van der Waals surface area contributed by atoms with Gasteiger partial charge in [-0.2, -0.15) is 0 Å². The van der Waals surface area contributed by atoms with Gasteiger partial charge in [-0.25, -0.2) is 0 Å². The Hall–Kier alpha value is -2.19. The molecule has 1 amide bonds. The third-order valence-electron chi connectivity index (χ3n) is 15.1. The van der Waals surface area contributed by atoms with E-state index in [9.17, 15) is 14.4 Å². The van der Waals surface area contributed by atoms with Crippen molar-refractivity contribution in [2.75, 3.05) is 28.4 Å². The second-order valence-electron chi connectivity index (χ2n) is 18.8. The van der Waals surface area contributed by atoms with Crippen LogP contribution in [0.4, 0.5) is 0 Å². The van der Waals surface area contributed by atoms with Crippen molar-refractivity contribution >= 4 is 17.7 Å². The molecule has 12 heteroatoms. The summed E-state index contributed by atoms with van der Waals surface area (Å²) in [5.74, 6) is -0.0187. The zero-order chi connectivity index (χ0) is 43.2. The van der Waals surface area contributed by atoms with Crippen molar-refractivity contribution in [1.29, 1.82) is 0 Å². The van der Waals surface area contributed by atoms with Crippen LogP contribution in [0.25, 0.3) is 0 Å². The molecular formula is C48H77NO11. The quantitative estimate of drug-likeness (QED) is 0.127. The van der Waals surface area contributed by atoms with Crippen molar-refractivity contribution in [2.24, 2.45) is 41.4 Å². The van der Waals surface area contributed by atoms with Gasteiger partial charge in [0.05, 0.1) is 36.9 Å².